The molecule has 0 N–H and O–H groups in total. The first-order chi connectivity index (χ1) is 10.1. The van der Waals surface area contributed by atoms with Crippen LogP contribution in [-0.4, -0.2) is 35.5 Å². The van der Waals surface area contributed by atoms with E-state index in [0.717, 1.165) is 20.3 Å². The molecule has 0 aromatic carbocycles. The predicted molar refractivity (Wildman–Crippen MR) is 82.6 cm³/mol. The van der Waals surface area contributed by atoms with E-state index < -0.39 is 0 Å². The van der Waals surface area contributed by atoms with E-state index in [1.54, 1.807) is 4.90 Å². The molecule has 0 saturated carbocycles. The molecule has 5 nitrogen and oxygen atoms in total. The summed E-state index contributed by atoms with van der Waals surface area (Å²) in [5.74, 6) is 1.51. The van der Waals surface area contributed by atoms with Gasteiger partial charge in [0.2, 0.25) is 0 Å². The van der Waals surface area contributed by atoms with Crippen molar-refractivity contribution in [3.63, 3.8) is 0 Å². The Kier molecular flexibility index (Phi) is 4.14. The van der Waals surface area contributed by atoms with Crippen molar-refractivity contribution < 1.29 is 13.9 Å². The Morgan fingerprint density at radius 1 is 1.48 bits per heavy atom. The molecule has 3 rings (SSSR count). The van der Waals surface area contributed by atoms with Crippen LogP contribution in [0.15, 0.2) is 20.5 Å². The van der Waals surface area contributed by atoms with Gasteiger partial charge in [-0.2, -0.15) is 0 Å². The highest BCUT2D eigenvalue weighted by Crippen LogP contribution is 2.30. The maximum Gasteiger partial charge on any atom is 0.274 e. The average molecular weight is 371 g/mol. The van der Waals surface area contributed by atoms with Crippen LogP contribution in [0.4, 0.5) is 0 Å². The van der Waals surface area contributed by atoms with Crippen LogP contribution < -0.4 is 0 Å². The van der Waals surface area contributed by atoms with Crippen LogP contribution in [0.1, 0.15) is 32.9 Å². The fourth-order valence-corrected chi connectivity index (χ4v) is 3.94. The number of morpholine rings is 1. The Labute approximate surface area is 135 Å². The maximum atomic E-state index is 12.8. The minimum atomic E-state index is -0.195. The number of aromatic nitrogens is 1. The number of nitrogens with zero attached hydrogens (tertiary/aromatic N) is 2. The van der Waals surface area contributed by atoms with Gasteiger partial charge in [-0.3, -0.25) is 4.79 Å². The zero-order valence-corrected chi connectivity index (χ0v) is 14.2. The number of aryl methyl sites for hydroxylation is 2. The van der Waals surface area contributed by atoms with E-state index in [0.29, 0.717) is 25.5 Å². The number of amides is 1. The molecule has 0 spiro atoms. The van der Waals surface area contributed by atoms with Crippen LogP contribution in [-0.2, 0) is 4.74 Å². The molecular formula is C14H15BrN2O3S. The van der Waals surface area contributed by atoms with Crippen molar-refractivity contribution in [2.24, 2.45) is 0 Å². The number of furan rings is 1. The zero-order chi connectivity index (χ0) is 15.0. The zero-order valence-electron chi connectivity index (χ0n) is 11.8. The Morgan fingerprint density at radius 3 is 2.90 bits per heavy atom. The molecule has 2 aromatic heterocycles. The summed E-state index contributed by atoms with van der Waals surface area (Å²) in [6.45, 7) is 5.32. The van der Waals surface area contributed by atoms with Crippen LogP contribution >= 0.6 is 27.3 Å². The number of ether oxygens (including phenoxy) is 1. The molecule has 0 bridgehead atoms. The number of carbonyl (C=O) groups is 1. The minimum absolute atomic E-state index is 0.0724. The number of hydrogen-bond acceptors (Lipinski definition) is 5. The van der Waals surface area contributed by atoms with E-state index in [2.05, 4.69) is 20.9 Å². The molecule has 1 atom stereocenters. The lowest BCUT2D eigenvalue weighted by Crippen LogP contribution is -2.43. The van der Waals surface area contributed by atoms with Crippen molar-refractivity contribution in [3.05, 3.63) is 38.1 Å². The third-order valence-corrected chi connectivity index (χ3v) is 4.87. The smallest absolute Gasteiger partial charge is 0.274 e. The molecular weight excluding hydrogens is 356 g/mol. The van der Waals surface area contributed by atoms with Crippen molar-refractivity contribution in [2.75, 3.05) is 19.8 Å². The van der Waals surface area contributed by atoms with Crippen LogP contribution in [0.2, 0.25) is 0 Å². The van der Waals surface area contributed by atoms with Crippen molar-refractivity contribution in [1.82, 2.24) is 9.88 Å². The summed E-state index contributed by atoms with van der Waals surface area (Å²) in [7, 11) is 0. The second kappa shape index (κ2) is 5.90. The van der Waals surface area contributed by atoms with Gasteiger partial charge in [0.1, 0.15) is 23.3 Å². The first-order valence-corrected chi connectivity index (χ1v) is 8.25. The highest BCUT2D eigenvalue weighted by atomic mass is 79.9. The van der Waals surface area contributed by atoms with Gasteiger partial charge >= 0.3 is 0 Å². The lowest BCUT2D eigenvalue weighted by Gasteiger charge is -2.34. The molecule has 1 saturated heterocycles. The Bertz CT molecular complexity index is 667. The van der Waals surface area contributed by atoms with E-state index in [1.807, 2.05) is 26.0 Å². The molecule has 21 heavy (non-hydrogen) atoms. The molecule has 112 valence electrons. The number of halogens is 1. The van der Waals surface area contributed by atoms with Gasteiger partial charge in [-0.25, -0.2) is 4.98 Å². The molecule has 2 aromatic rings. The Balaban J connectivity index is 1.90. The van der Waals surface area contributed by atoms with Gasteiger partial charge in [0, 0.05) is 11.4 Å². The van der Waals surface area contributed by atoms with E-state index in [9.17, 15) is 4.79 Å². The van der Waals surface area contributed by atoms with Crippen LogP contribution in [0.25, 0.3) is 0 Å². The number of thiazole rings is 1. The molecule has 3 heterocycles. The van der Waals surface area contributed by atoms with E-state index >= 15 is 0 Å². The van der Waals surface area contributed by atoms with Crippen LogP contribution in [0.3, 0.4) is 0 Å². The highest BCUT2D eigenvalue weighted by molar-refractivity contribution is 9.11. The first-order valence-electron chi connectivity index (χ1n) is 6.64. The fourth-order valence-electron chi connectivity index (χ4n) is 2.41. The standard InChI is InChI=1S/C14H15BrN2O3S/c1-8-3-4-11(20-8)10-7-19-6-5-17(10)13(18)12-9(2)21-14(15)16-12/h3-4,10H,5-7H2,1-2H3/t10-/m1/s1. The predicted octanol–water partition coefficient (Wildman–Crippen LogP) is 3.33. The Hall–Kier alpha value is -1.18. The highest BCUT2D eigenvalue weighted by Gasteiger charge is 2.33. The van der Waals surface area contributed by atoms with Gasteiger partial charge in [0.15, 0.2) is 3.92 Å². The van der Waals surface area contributed by atoms with Crippen molar-refractivity contribution >= 4 is 33.2 Å². The molecule has 0 radical (unpaired) electrons. The van der Waals surface area contributed by atoms with Crippen LogP contribution in [0, 0.1) is 13.8 Å². The molecule has 1 amide bonds. The molecule has 0 aliphatic carbocycles. The third-order valence-electron chi connectivity index (χ3n) is 3.45. The first kappa shape index (κ1) is 14.7. The summed E-state index contributed by atoms with van der Waals surface area (Å²) in [6, 6.07) is 3.61. The summed E-state index contributed by atoms with van der Waals surface area (Å²) < 4.78 is 11.9. The minimum Gasteiger partial charge on any atom is -0.464 e. The molecule has 7 heteroatoms. The van der Waals surface area contributed by atoms with Gasteiger partial charge in [-0.15, -0.1) is 11.3 Å². The topological polar surface area (TPSA) is 55.6 Å². The summed E-state index contributed by atoms with van der Waals surface area (Å²) >= 11 is 4.80. The number of hydrogen-bond donors (Lipinski definition) is 0. The summed E-state index contributed by atoms with van der Waals surface area (Å²) in [6.07, 6.45) is 0. The van der Waals surface area contributed by atoms with Gasteiger partial charge < -0.3 is 14.1 Å². The second-order valence-corrected chi connectivity index (χ2v) is 7.39. The normalized spacial score (nSPS) is 19.0. The maximum absolute atomic E-state index is 12.8. The lowest BCUT2D eigenvalue weighted by molar-refractivity contribution is -0.00924. The molecule has 0 unspecified atom stereocenters. The summed E-state index contributed by atoms with van der Waals surface area (Å²) in [5.41, 5.74) is 0.502. The monoisotopic (exact) mass is 370 g/mol. The quantitative estimate of drug-likeness (QED) is 0.813. The van der Waals surface area contributed by atoms with Gasteiger partial charge in [0.05, 0.1) is 13.2 Å². The summed E-state index contributed by atoms with van der Waals surface area (Å²) in [5, 5.41) is 0. The number of carbonyl (C=O) groups excluding carboxylic acids is 1. The summed E-state index contributed by atoms with van der Waals surface area (Å²) in [4.78, 5) is 19.8. The van der Waals surface area contributed by atoms with Crippen molar-refractivity contribution in [2.45, 2.75) is 19.9 Å². The van der Waals surface area contributed by atoms with Gasteiger partial charge in [-0.1, -0.05) is 0 Å². The SMILES string of the molecule is Cc1ccc([C@H]2COCCN2C(=O)c2nc(Br)sc2C)o1. The second-order valence-electron chi connectivity index (χ2n) is 4.91. The number of rotatable bonds is 2. The molecule has 1 fully saturated rings. The van der Waals surface area contributed by atoms with E-state index in [4.69, 9.17) is 9.15 Å². The average Bonchev–Trinajstić information content (AvgIpc) is 3.04. The van der Waals surface area contributed by atoms with Gasteiger partial charge in [0.25, 0.3) is 5.91 Å². The van der Waals surface area contributed by atoms with Crippen molar-refractivity contribution in [1.29, 1.82) is 0 Å². The molecule has 1 aliphatic heterocycles. The molecule has 1 aliphatic rings. The van der Waals surface area contributed by atoms with Gasteiger partial charge in [-0.05, 0) is 41.9 Å². The van der Waals surface area contributed by atoms with E-state index in [1.165, 1.54) is 11.3 Å². The third kappa shape index (κ3) is 2.90. The lowest BCUT2D eigenvalue weighted by atomic mass is 10.1. The fraction of sp³-hybridized carbons (Fsp3) is 0.429. The largest absolute Gasteiger partial charge is 0.464 e. The van der Waals surface area contributed by atoms with Crippen LogP contribution in [0.5, 0.6) is 0 Å². The Morgan fingerprint density at radius 2 is 2.29 bits per heavy atom. The van der Waals surface area contributed by atoms with Crippen molar-refractivity contribution in [3.8, 4) is 0 Å². The van der Waals surface area contributed by atoms with E-state index in [-0.39, 0.29) is 11.9 Å².